The summed E-state index contributed by atoms with van der Waals surface area (Å²) in [5.74, 6) is 0.977. The standard InChI is InChI=1S/C23H20ClN5/c24-18-6-7-19-21(14-18)25-9-8-22(19)28-10-12-29(13-11-28)23-15-20(26-16-27-23)17-4-2-1-3-5-17/h1-9,14-16H,10-13H2. The summed E-state index contributed by atoms with van der Waals surface area (Å²) >= 11 is 6.13. The van der Waals surface area contributed by atoms with E-state index in [4.69, 9.17) is 11.6 Å². The molecule has 5 rings (SSSR count). The topological polar surface area (TPSA) is 45.2 Å². The van der Waals surface area contributed by atoms with E-state index in [1.54, 1.807) is 6.33 Å². The number of hydrogen-bond donors (Lipinski definition) is 0. The predicted octanol–water partition coefficient (Wildman–Crippen LogP) is 4.67. The van der Waals surface area contributed by atoms with Crippen LogP contribution in [0.1, 0.15) is 0 Å². The average Bonchev–Trinajstić information content (AvgIpc) is 2.79. The molecule has 1 saturated heterocycles. The van der Waals surface area contributed by atoms with Crippen LogP contribution in [0.3, 0.4) is 0 Å². The minimum Gasteiger partial charge on any atom is -0.367 e. The van der Waals surface area contributed by atoms with Crippen molar-refractivity contribution in [1.82, 2.24) is 15.0 Å². The number of benzene rings is 2. The number of hydrogen-bond acceptors (Lipinski definition) is 5. The lowest BCUT2D eigenvalue weighted by molar-refractivity contribution is 0.648. The van der Waals surface area contributed by atoms with Crippen molar-refractivity contribution in [1.29, 1.82) is 0 Å². The third-order valence-electron chi connectivity index (χ3n) is 5.35. The Morgan fingerprint density at radius 1 is 0.759 bits per heavy atom. The maximum absolute atomic E-state index is 6.13. The molecule has 5 nitrogen and oxygen atoms in total. The van der Waals surface area contributed by atoms with Gasteiger partial charge in [0.05, 0.1) is 11.2 Å². The highest BCUT2D eigenvalue weighted by Crippen LogP contribution is 2.29. The largest absolute Gasteiger partial charge is 0.367 e. The van der Waals surface area contributed by atoms with Gasteiger partial charge in [-0.05, 0) is 24.3 Å². The van der Waals surface area contributed by atoms with Gasteiger partial charge in [-0.25, -0.2) is 9.97 Å². The van der Waals surface area contributed by atoms with Crippen molar-refractivity contribution in [2.75, 3.05) is 36.0 Å². The first kappa shape index (κ1) is 17.9. The average molecular weight is 402 g/mol. The van der Waals surface area contributed by atoms with Crippen LogP contribution in [0.4, 0.5) is 11.5 Å². The van der Waals surface area contributed by atoms with E-state index in [2.05, 4.69) is 55.1 Å². The molecule has 144 valence electrons. The van der Waals surface area contributed by atoms with E-state index in [1.807, 2.05) is 36.5 Å². The van der Waals surface area contributed by atoms with Crippen LogP contribution in [-0.4, -0.2) is 41.1 Å². The fourth-order valence-electron chi connectivity index (χ4n) is 3.85. The molecule has 6 heteroatoms. The Morgan fingerprint density at radius 3 is 2.38 bits per heavy atom. The molecular weight excluding hydrogens is 382 g/mol. The Balaban J connectivity index is 1.35. The third kappa shape index (κ3) is 3.61. The van der Waals surface area contributed by atoms with Crippen molar-refractivity contribution < 1.29 is 0 Å². The van der Waals surface area contributed by atoms with Gasteiger partial charge in [0.15, 0.2) is 0 Å². The van der Waals surface area contributed by atoms with E-state index < -0.39 is 0 Å². The molecule has 1 aliphatic rings. The summed E-state index contributed by atoms with van der Waals surface area (Å²) in [7, 11) is 0. The molecule has 0 unspecified atom stereocenters. The van der Waals surface area contributed by atoms with Crippen LogP contribution in [0.5, 0.6) is 0 Å². The van der Waals surface area contributed by atoms with E-state index in [9.17, 15) is 0 Å². The maximum atomic E-state index is 6.13. The number of aromatic nitrogens is 3. The molecule has 2 aromatic heterocycles. The van der Waals surface area contributed by atoms with Crippen molar-refractivity contribution >= 4 is 34.0 Å². The van der Waals surface area contributed by atoms with Gasteiger partial charge in [-0.15, -0.1) is 0 Å². The van der Waals surface area contributed by atoms with Crippen LogP contribution < -0.4 is 9.80 Å². The summed E-state index contributed by atoms with van der Waals surface area (Å²) < 4.78 is 0. The first-order valence-corrected chi connectivity index (χ1v) is 10.1. The molecule has 0 saturated carbocycles. The number of piperazine rings is 1. The Hall–Kier alpha value is -3.18. The van der Waals surface area contributed by atoms with Crippen LogP contribution in [-0.2, 0) is 0 Å². The molecule has 4 aromatic rings. The zero-order valence-corrected chi connectivity index (χ0v) is 16.6. The van der Waals surface area contributed by atoms with Gasteiger partial charge in [0, 0.05) is 60.1 Å². The molecule has 0 N–H and O–H groups in total. The first-order valence-electron chi connectivity index (χ1n) is 9.69. The lowest BCUT2D eigenvalue weighted by Crippen LogP contribution is -2.47. The summed E-state index contributed by atoms with van der Waals surface area (Å²) in [6.45, 7) is 3.66. The van der Waals surface area contributed by atoms with Crippen LogP contribution in [0, 0.1) is 0 Å². The minimum absolute atomic E-state index is 0.713. The Labute approximate surface area is 174 Å². The number of pyridine rings is 1. The molecule has 1 fully saturated rings. The van der Waals surface area contributed by atoms with Gasteiger partial charge in [-0.3, -0.25) is 4.98 Å². The predicted molar refractivity (Wildman–Crippen MR) is 119 cm³/mol. The molecule has 0 aliphatic carbocycles. The maximum Gasteiger partial charge on any atom is 0.132 e. The summed E-state index contributed by atoms with van der Waals surface area (Å²) in [6, 6.07) is 20.3. The van der Waals surface area contributed by atoms with E-state index in [0.29, 0.717) is 5.02 Å². The first-order chi connectivity index (χ1) is 14.3. The molecular formula is C23H20ClN5. The van der Waals surface area contributed by atoms with Gasteiger partial charge in [0.2, 0.25) is 0 Å². The van der Waals surface area contributed by atoms with E-state index in [0.717, 1.165) is 54.2 Å². The minimum atomic E-state index is 0.713. The highest BCUT2D eigenvalue weighted by Gasteiger charge is 2.20. The molecule has 1 aliphatic heterocycles. The summed E-state index contributed by atoms with van der Waals surface area (Å²) in [5.41, 5.74) is 4.20. The number of anilines is 2. The van der Waals surface area contributed by atoms with Crippen molar-refractivity contribution in [3.05, 3.63) is 78.2 Å². The van der Waals surface area contributed by atoms with Crippen LogP contribution >= 0.6 is 11.6 Å². The van der Waals surface area contributed by atoms with Gasteiger partial charge in [-0.2, -0.15) is 0 Å². The molecule has 0 amide bonds. The second kappa shape index (κ2) is 7.68. The lowest BCUT2D eigenvalue weighted by atomic mass is 10.1. The third-order valence-corrected chi connectivity index (χ3v) is 5.58. The molecule has 2 aromatic carbocycles. The van der Waals surface area contributed by atoms with E-state index in [-0.39, 0.29) is 0 Å². The zero-order valence-electron chi connectivity index (χ0n) is 15.9. The summed E-state index contributed by atoms with van der Waals surface area (Å²) in [6.07, 6.45) is 3.51. The smallest absolute Gasteiger partial charge is 0.132 e. The fourth-order valence-corrected chi connectivity index (χ4v) is 4.01. The second-order valence-electron chi connectivity index (χ2n) is 7.09. The molecule has 0 radical (unpaired) electrons. The summed E-state index contributed by atoms with van der Waals surface area (Å²) in [4.78, 5) is 18.2. The van der Waals surface area contributed by atoms with Crippen molar-refractivity contribution in [3.63, 3.8) is 0 Å². The van der Waals surface area contributed by atoms with Gasteiger partial charge in [-0.1, -0.05) is 41.9 Å². The van der Waals surface area contributed by atoms with Crippen molar-refractivity contribution in [2.45, 2.75) is 0 Å². The quantitative estimate of drug-likeness (QED) is 0.499. The fraction of sp³-hybridized carbons (Fsp3) is 0.174. The Kier molecular flexibility index (Phi) is 4.74. The SMILES string of the molecule is Clc1ccc2c(N3CCN(c4cc(-c5ccccc5)ncn4)CC3)ccnc2c1. The number of fused-ring (bicyclic) bond motifs is 1. The molecule has 0 spiro atoms. The molecule has 0 atom stereocenters. The second-order valence-corrected chi connectivity index (χ2v) is 7.53. The van der Waals surface area contributed by atoms with Crippen molar-refractivity contribution in [3.8, 4) is 11.3 Å². The molecule has 0 bridgehead atoms. The highest BCUT2D eigenvalue weighted by molar-refractivity contribution is 6.31. The monoisotopic (exact) mass is 401 g/mol. The van der Waals surface area contributed by atoms with Crippen LogP contribution in [0.25, 0.3) is 22.2 Å². The molecule has 3 heterocycles. The number of nitrogens with zero attached hydrogens (tertiary/aromatic N) is 5. The lowest BCUT2D eigenvalue weighted by Gasteiger charge is -2.37. The highest BCUT2D eigenvalue weighted by atomic mass is 35.5. The van der Waals surface area contributed by atoms with Gasteiger partial charge < -0.3 is 9.80 Å². The summed E-state index contributed by atoms with van der Waals surface area (Å²) in [5, 5.41) is 1.85. The zero-order chi connectivity index (χ0) is 19.6. The number of halogens is 1. The van der Waals surface area contributed by atoms with Gasteiger partial charge in [0.1, 0.15) is 12.1 Å². The van der Waals surface area contributed by atoms with Gasteiger partial charge in [0.25, 0.3) is 0 Å². The normalized spacial score (nSPS) is 14.4. The van der Waals surface area contributed by atoms with Crippen molar-refractivity contribution in [2.24, 2.45) is 0 Å². The van der Waals surface area contributed by atoms with E-state index >= 15 is 0 Å². The number of rotatable bonds is 3. The Bertz CT molecular complexity index is 1140. The Morgan fingerprint density at radius 2 is 1.55 bits per heavy atom. The van der Waals surface area contributed by atoms with Gasteiger partial charge >= 0.3 is 0 Å². The molecule has 29 heavy (non-hydrogen) atoms. The van der Waals surface area contributed by atoms with Crippen LogP contribution in [0.15, 0.2) is 73.2 Å². The van der Waals surface area contributed by atoms with E-state index in [1.165, 1.54) is 5.69 Å². The van der Waals surface area contributed by atoms with Crippen LogP contribution in [0.2, 0.25) is 5.02 Å².